The van der Waals surface area contributed by atoms with Gasteiger partial charge in [-0.1, -0.05) is 0 Å². The van der Waals surface area contributed by atoms with Gasteiger partial charge in [0.2, 0.25) is 5.91 Å². The Labute approximate surface area is 60.4 Å². The van der Waals surface area contributed by atoms with Gasteiger partial charge in [0.1, 0.15) is 0 Å². The van der Waals surface area contributed by atoms with E-state index in [1.807, 2.05) is 0 Å². The summed E-state index contributed by atoms with van der Waals surface area (Å²) in [4.78, 5) is 10.5. The van der Waals surface area contributed by atoms with Crippen LogP contribution in [-0.2, 0) is 4.79 Å². The van der Waals surface area contributed by atoms with E-state index in [-0.39, 0.29) is 11.9 Å². The van der Waals surface area contributed by atoms with E-state index >= 15 is 0 Å². The number of rotatable bonds is 1. The summed E-state index contributed by atoms with van der Waals surface area (Å²) >= 11 is 0. The molecule has 0 aliphatic heterocycles. The highest BCUT2D eigenvalue weighted by Crippen LogP contribution is 2.31. The van der Waals surface area contributed by atoms with E-state index in [2.05, 4.69) is 5.32 Å². The minimum atomic E-state index is -0.661. The Morgan fingerprint density at radius 2 is 2.40 bits per heavy atom. The van der Waals surface area contributed by atoms with Gasteiger partial charge in [-0.15, -0.1) is 0 Å². The summed E-state index contributed by atoms with van der Waals surface area (Å²) in [5, 5.41) is 12.1. The Balaban J connectivity index is 2.37. The molecule has 3 heteroatoms. The van der Waals surface area contributed by atoms with Crippen molar-refractivity contribution in [1.82, 2.24) is 5.32 Å². The number of hydrogen-bond donors (Lipinski definition) is 2. The van der Waals surface area contributed by atoms with Crippen molar-refractivity contribution in [3.05, 3.63) is 0 Å². The zero-order valence-electron chi connectivity index (χ0n) is 6.35. The molecule has 0 bridgehead atoms. The Morgan fingerprint density at radius 1 is 1.80 bits per heavy atom. The SMILES string of the molecule is CC(=O)N[C@H]1CC[C@@]1(C)O. The molecule has 1 aliphatic carbocycles. The van der Waals surface area contributed by atoms with Crippen molar-refractivity contribution >= 4 is 5.91 Å². The van der Waals surface area contributed by atoms with Gasteiger partial charge in [0.05, 0.1) is 11.6 Å². The average Bonchev–Trinajstić information content (AvgIpc) is 1.81. The molecule has 0 aromatic carbocycles. The molecule has 0 saturated heterocycles. The molecule has 0 heterocycles. The fraction of sp³-hybridized carbons (Fsp3) is 0.857. The van der Waals surface area contributed by atoms with E-state index < -0.39 is 5.60 Å². The summed E-state index contributed by atoms with van der Waals surface area (Å²) in [5.74, 6) is -0.0648. The molecule has 1 fully saturated rings. The molecule has 10 heavy (non-hydrogen) atoms. The van der Waals surface area contributed by atoms with Crippen LogP contribution in [0.4, 0.5) is 0 Å². The van der Waals surface area contributed by atoms with Crippen molar-refractivity contribution < 1.29 is 9.90 Å². The molecule has 58 valence electrons. The fourth-order valence-corrected chi connectivity index (χ4v) is 1.18. The highest BCUT2D eigenvalue weighted by molar-refractivity contribution is 5.73. The molecular formula is C7H13NO2. The van der Waals surface area contributed by atoms with Crippen molar-refractivity contribution in [3.8, 4) is 0 Å². The molecule has 1 amide bonds. The zero-order valence-corrected chi connectivity index (χ0v) is 6.35. The summed E-state index contributed by atoms with van der Waals surface area (Å²) in [6, 6.07) is -0.0231. The van der Waals surface area contributed by atoms with E-state index in [9.17, 15) is 9.90 Å². The Bertz CT molecular complexity index is 154. The third-order valence-corrected chi connectivity index (χ3v) is 2.07. The molecule has 1 aliphatic rings. The lowest BCUT2D eigenvalue weighted by Gasteiger charge is -2.42. The van der Waals surface area contributed by atoms with E-state index in [1.54, 1.807) is 6.92 Å². The third kappa shape index (κ3) is 1.29. The van der Waals surface area contributed by atoms with Gasteiger partial charge in [0.15, 0.2) is 0 Å². The summed E-state index contributed by atoms with van der Waals surface area (Å²) in [6.45, 7) is 3.21. The molecule has 0 aromatic rings. The zero-order chi connectivity index (χ0) is 7.78. The molecule has 3 nitrogen and oxygen atoms in total. The summed E-state index contributed by atoms with van der Waals surface area (Å²) in [6.07, 6.45) is 1.69. The Morgan fingerprint density at radius 3 is 2.50 bits per heavy atom. The molecule has 0 unspecified atom stereocenters. The van der Waals surface area contributed by atoms with Crippen LogP contribution in [-0.4, -0.2) is 22.7 Å². The summed E-state index contributed by atoms with van der Waals surface area (Å²) in [7, 11) is 0. The van der Waals surface area contributed by atoms with E-state index in [0.29, 0.717) is 0 Å². The summed E-state index contributed by atoms with van der Waals surface area (Å²) in [5.41, 5.74) is -0.661. The molecule has 2 atom stereocenters. The van der Waals surface area contributed by atoms with Gasteiger partial charge in [0, 0.05) is 6.92 Å². The quantitative estimate of drug-likeness (QED) is 0.544. The maximum atomic E-state index is 10.5. The monoisotopic (exact) mass is 143 g/mol. The highest BCUT2D eigenvalue weighted by atomic mass is 16.3. The Hall–Kier alpha value is -0.570. The second-order valence-corrected chi connectivity index (χ2v) is 3.15. The highest BCUT2D eigenvalue weighted by Gasteiger charge is 2.41. The first-order valence-corrected chi connectivity index (χ1v) is 3.52. The molecule has 0 radical (unpaired) electrons. The molecule has 1 saturated carbocycles. The Kier molecular flexibility index (Phi) is 1.68. The van der Waals surface area contributed by atoms with Gasteiger partial charge >= 0.3 is 0 Å². The first-order chi connectivity index (χ1) is 4.52. The largest absolute Gasteiger partial charge is 0.388 e. The van der Waals surface area contributed by atoms with Crippen LogP contribution in [0.15, 0.2) is 0 Å². The van der Waals surface area contributed by atoms with E-state index in [1.165, 1.54) is 6.92 Å². The van der Waals surface area contributed by atoms with Crippen LogP contribution < -0.4 is 5.32 Å². The first-order valence-electron chi connectivity index (χ1n) is 3.52. The lowest BCUT2D eigenvalue weighted by molar-refractivity contribution is -0.125. The van der Waals surface area contributed by atoms with Crippen LogP contribution in [0, 0.1) is 0 Å². The minimum Gasteiger partial charge on any atom is -0.388 e. The second-order valence-electron chi connectivity index (χ2n) is 3.15. The van der Waals surface area contributed by atoms with Crippen molar-refractivity contribution in [2.75, 3.05) is 0 Å². The van der Waals surface area contributed by atoms with Gasteiger partial charge in [-0.2, -0.15) is 0 Å². The van der Waals surface area contributed by atoms with Crippen molar-refractivity contribution in [3.63, 3.8) is 0 Å². The van der Waals surface area contributed by atoms with Gasteiger partial charge in [-0.3, -0.25) is 4.79 Å². The third-order valence-electron chi connectivity index (χ3n) is 2.07. The second kappa shape index (κ2) is 2.23. The lowest BCUT2D eigenvalue weighted by atomic mass is 9.76. The maximum Gasteiger partial charge on any atom is 0.217 e. The maximum absolute atomic E-state index is 10.5. The van der Waals surface area contributed by atoms with E-state index in [4.69, 9.17) is 0 Å². The standard InChI is InChI=1S/C7H13NO2/c1-5(9)8-6-3-4-7(6,2)10/h6,10H,3-4H2,1-2H3,(H,8,9)/t6-,7+/m0/s1. The van der Waals surface area contributed by atoms with Crippen molar-refractivity contribution in [2.24, 2.45) is 0 Å². The van der Waals surface area contributed by atoms with Crippen LogP contribution in [0.3, 0.4) is 0 Å². The van der Waals surface area contributed by atoms with Gasteiger partial charge in [-0.25, -0.2) is 0 Å². The number of carbonyl (C=O) groups is 1. The number of carbonyl (C=O) groups excluding carboxylic acids is 1. The normalized spacial score (nSPS) is 38.5. The number of hydrogen-bond acceptors (Lipinski definition) is 2. The van der Waals surface area contributed by atoms with Crippen LogP contribution in [0.1, 0.15) is 26.7 Å². The van der Waals surface area contributed by atoms with Crippen LogP contribution in [0.25, 0.3) is 0 Å². The van der Waals surface area contributed by atoms with Crippen molar-refractivity contribution in [2.45, 2.75) is 38.3 Å². The fourth-order valence-electron chi connectivity index (χ4n) is 1.18. The first kappa shape index (κ1) is 7.54. The van der Waals surface area contributed by atoms with E-state index in [0.717, 1.165) is 12.8 Å². The number of amides is 1. The molecule has 0 spiro atoms. The van der Waals surface area contributed by atoms with Gasteiger partial charge in [-0.05, 0) is 19.8 Å². The van der Waals surface area contributed by atoms with Crippen molar-refractivity contribution in [1.29, 1.82) is 0 Å². The van der Waals surface area contributed by atoms with Gasteiger partial charge < -0.3 is 10.4 Å². The minimum absolute atomic E-state index is 0.0231. The van der Waals surface area contributed by atoms with Crippen LogP contribution >= 0.6 is 0 Å². The van der Waals surface area contributed by atoms with Gasteiger partial charge in [0.25, 0.3) is 0 Å². The number of aliphatic hydroxyl groups is 1. The smallest absolute Gasteiger partial charge is 0.217 e. The predicted molar refractivity (Wildman–Crippen MR) is 37.5 cm³/mol. The number of nitrogens with one attached hydrogen (secondary N) is 1. The lowest BCUT2D eigenvalue weighted by Crippen LogP contribution is -2.58. The van der Waals surface area contributed by atoms with Crippen LogP contribution in [0.5, 0.6) is 0 Å². The molecule has 2 N–H and O–H groups in total. The topological polar surface area (TPSA) is 49.3 Å². The molecule has 0 aromatic heterocycles. The average molecular weight is 143 g/mol. The molecular weight excluding hydrogens is 130 g/mol. The molecule has 1 rings (SSSR count). The van der Waals surface area contributed by atoms with Crippen LogP contribution in [0.2, 0.25) is 0 Å². The predicted octanol–water partition coefficient (Wildman–Crippen LogP) is 0.0359. The summed E-state index contributed by atoms with van der Waals surface area (Å²) < 4.78 is 0.